The SMILES string of the molecule is C=CC[C@]1(C(=O)NNCc2cccc(C(F)(F)F)c2)N=C(c2ccc(OCCCO)cc2)O[C@H]1c1ccccc1N=[N+]=[N-]. The smallest absolute Gasteiger partial charge is 0.416 e. The maximum Gasteiger partial charge on any atom is 0.416 e. The van der Waals surface area contributed by atoms with Gasteiger partial charge in [0.05, 0.1) is 12.2 Å². The van der Waals surface area contributed by atoms with E-state index >= 15 is 0 Å². The van der Waals surface area contributed by atoms with Crippen LogP contribution in [0.5, 0.6) is 5.75 Å². The zero-order valence-corrected chi connectivity index (χ0v) is 22.9. The second kappa shape index (κ2) is 13.9. The number of hydrazine groups is 1. The molecule has 0 fully saturated rings. The van der Waals surface area contributed by atoms with Gasteiger partial charge in [-0.25, -0.2) is 10.4 Å². The number of aliphatic imine (C=N–C) groups is 1. The Balaban J connectivity index is 1.66. The lowest BCUT2D eigenvalue weighted by atomic mass is 9.84. The molecule has 1 aliphatic heterocycles. The number of carbonyl (C=O) groups is 1. The van der Waals surface area contributed by atoms with E-state index in [9.17, 15) is 18.0 Å². The number of benzene rings is 3. The number of amides is 1. The van der Waals surface area contributed by atoms with E-state index in [1.165, 1.54) is 18.2 Å². The first-order valence-electron chi connectivity index (χ1n) is 13.3. The molecule has 0 aliphatic carbocycles. The van der Waals surface area contributed by atoms with E-state index < -0.39 is 29.3 Å². The number of aliphatic hydroxyl groups excluding tert-OH is 1. The molecule has 0 unspecified atom stereocenters. The molecule has 13 heteroatoms. The number of rotatable bonds is 13. The molecule has 3 aromatic rings. The Morgan fingerprint density at radius 2 is 1.95 bits per heavy atom. The third-order valence-electron chi connectivity index (χ3n) is 6.61. The van der Waals surface area contributed by atoms with Crippen molar-refractivity contribution in [1.82, 2.24) is 10.9 Å². The van der Waals surface area contributed by atoms with Gasteiger partial charge < -0.3 is 14.6 Å². The summed E-state index contributed by atoms with van der Waals surface area (Å²) >= 11 is 0. The fraction of sp³-hybridized carbons (Fsp3) is 0.267. The average molecular weight is 595 g/mol. The monoisotopic (exact) mass is 594 g/mol. The first-order valence-corrected chi connectivity index (χ1v) is 13.3. The van der Waals surface area contributed by atoms with Crippen LogP contribution in [0, 0.1) is 0 Å². The van der Waals surface area contributed by atoms with E-state index in [0.717, 1.165) is 12.1 Å². The summed E-state index contributed by atoms with van der Waals surface area (Å²) in [5, 5.41) is 12.7. The van der Waals surface area contributed by atoms with Gasteiger partial charge in [0.2, 0.25) is 5.90 Å². The van der Waals surface area contributed by atoms with Gasteiger partial charge in [-0.05, 0) is 41.4 Å². The van der Waals surface area contributed by atoms with Crippen LogP contribution in [-0.4, -0.2) is 35.7 Å². The summed E-state index contributed by atoms with van der Waals surface area (Å²) in [6.45, 7) is 4.03. The standard InChI is InChI=1S/C30H29F3N6O4/c1-2-15-29(28(41)38-35-19-20-7-5-8-22(18-20)30(31,32)33)26(24-9-3-4-10-25(24)37-39-34)43-27(36-29)21-11-13-23(14-12-21)42-17-6-16-40/h2-5,7-14,18,26,35,40H,1,6,15-17,19H2,(H,38,41)/t26-,29-/m0/s1. The number of azide groups is 1. The first kappa shape index (κ1) is 31.1. The highest BCUT2D eigenvalue weighted by atomic mass is 19.4. The lowest BCUT2D eigenvalue weighted by molar-refractivity contribution is -0.137. The molecule has 1 amide bonds. The summed E-state index contributed by atoms with van der Waals surface area (Å²) in [5.74, 6) is 0.0616. The fourth-order valence-corrected chi connectivity index (χ4v) is 4.55. The summed E-state index contributed by atoms with van der Waals surface area (Å²) < 4.78 is 51.3. The van der Waals surface area contributed by atoms with Gasteiger partial charge >= 0.3 is 6.18 Å². The zero-order valence-electron chi connectivity index (χ0n) is 22.9. The second-order valence-electron chi connectivity index (χ2n) is 9.54. The van der Waals surface area contributed by atoms with Crippen LogP contribution in [0.2, 0.25) is 0 Å². The molecule has 0 spiro atoms. The Kier molecular flexibility index (Phi) is 10.0. The van der Waals surface area contributed by atoms with Crippen LogP contribution in [0.4, 0.5) is 18.9 Å². The highest BCUT2D eigenvalue weighted by molar-refractivity contribution is 6.01. The van der Waals surface area contributed by atoms with Crippen LogP contribution >= 0.6 is 0 Å². The molecule has 224 valence electrons. The molecule has 0 bridgehead atoms. The van der Waals surface area contributed by atoms with E-state index in [4.69, 9.17) is 25.1 Å². The Morgan fingerprint density at radius 1 is 1.19 bits per heavy atom. The van der Waals surface area contributed by atoms with Crippen molar-refractivity contribution < 1.29 is 32.5 Å². The zero-order chi connectivity index (χ0) is 30.9. The van der Waals surface area contributed by atoms with Gasteiger partial charge in [0.15, 0.2) is 11.6 Å². The number of nitrogens with zero attached hydrogens (tertiary/aromatic N) is 4. The highest BCUT2D eigenvalue weighted by Crippen LogP contribution is 2.45. The molecule has 43 heavy (non-hydrogen) atoms. The van der Waals surface area contributed by atoms with Crippen molar-refractivity contribution in [2.75, 3.05) is 13.2 Å². The molecule has 0 aromatic heterocycles. The molecular weight excluding hydrogens is 565 g/mol. The molecule has 0 saturated carbocycles. The van der Waals surface area contributed by atoms with E-state index in [0.29, 0.717) is 35.5 Å². The van der Waals surface area contributed by atoms with Gasteiger partial charge in [-0.1, -0.05) is 53.7 Å². The number of hydrogen-bond donors (Lipinski definition) is 3. The number of aliphatic hydroxyl groups is 1. The van der Waals surface area contributed by atoms with Crippen LogP contribution in [0.1, 0.15) is 41.2 Å². The number of nitrogens with one attached hydrogen (secondary N) is 2. The van der Waals surface area contributed by atoms with E-state index in [1.54, 1.807) is 48.5 Å². The number of hydrogen-bond acceptors (Lipinski definition) is 7. The molecule has 1 heterocycles. The first-order chi connectivity index (χ1) is 20.7. The van der Waals surface area contributed by atoms with E-state index in [2.05, 4.69) is 27.5 Å². The lowest BCUT2D eigenvalue weighted by Crippen LogP contribution is -2.52. The molecule has 3 aromatic carbocycles. The van der Waals surface area contributed by atoms with Crippen LogP contribution in [0.15, 0.2) is 95.6 Å². The minimum Gasteiger partial charge on any atom is -0.494 e. The predicted octanol–water partition coefficient (Wildman–Crippen LogP) is 6.06. The van der Waals surface area contributed by atoms with Crippen molar-refractivity contribution in [3.8, 4) is 5.75 Å². The number of halogens is 3. The van der Waals surface area contributed by atoms with Gasteiger partial charge in [0.1, 0.15) is 5.75 Å². The molecule has 0 radical (unpaired) electrons. The van der Waals surface area contributed by atoms with Crippen LogP contribution in [0.3, 0.4) is 0 Å². The quantitative estimate of drug-likeness (QED) is 0.0551. The second-order valence-corrected chi connectivity index (χ2v) is 9.54. The van der Waals surface area contributed by atoms with Crippen molar-refractivity contribution >= 4 is 17.5 Å². The molecule has 4 rings (SSSR count). The van der Waals surface area contributed by atoms with Crippen LogP contribution in [0.25, 0.3) is 10.4 Å². The summed E-state index contributed by atoms with van der Waals surface area (Å²) in [5.41, 5.74) is 13.4. The largest absolute Gasteiger partial charge is 0.494 e. The minimum absolute atomic E-state index is 0.00366. The third kappa shape index (κ3) is 7.33. The Morgan fingerprint density at radius 3 is 2.65 bits per heavy atom. The average Bonchev–Trinajstić information content (AvgIpc) is 3.38. The van der Waals surface area contributed by atoms with Crippen LogP contribution < -0.4 is 15.6 Å². The van der Waals surface area contributed by atoms with E-state index in [1.807, 2.05) is 0 Å². The minimum atomic E-state index is -4.50. The Bertz CT molecular complexity index is 1520. The van der Waals surface area contributed by atoms with Gasteiger partial charge in [-0.15, -0.1) is 6.58 Å². The Hall–Kier alpha value is -4.84. The normalized spacial score (nSPS) is 17.8. The topological polar surface area (TPSA) is 141 Å². The molecule has 2 atom stereocenters. The number of carbonyl (C=O) groups excluding carboxylic acids is 1. The predicted molar refractivity (Wildman–Crippen MR) is 153 cm³/mol. The maximum atomic E-state index is 13.9. The summed E-state index contributed by atoms with van der Waals surface area (Å²) in [7, 11) is 0. The van der Waals surface area contributed by atoms with Gasteiger partial charge in [0.25, 0.3) is 5.91 Å². The van der Waals surface area contributed by atoms with Crippen molar-refractivity contribution in [2.45, 2.75) is 37.2 Å². The van der Waals surface area contributed by atoms with Crippen LogP contribution in [-0.2, 0) is 22.3 Å². The fourth-order valence-electron chi connectivity index (χ4n) is 4.55. The molecule has 0 saturated heterocycles. The van der Waals surface area contributed by atoms with Gasteiger partial charge in [-0.3, -0.25) is 10.2 Å². The molecule has 1 aliphatic rings. The van der Waals surface area contributed by atoms with Gasteiger partial charge in [0, 0.05) is 47.7 Å². The Labute approximate surface area is 245 Å². The maximum absolute atomic E-state index is 13.9. The van der Waals surface area contributed by atoms with E-state index in [-0.39, 0.29) is 31.2 Å². The number of alkyl halides is 3. The van der Waals surface area contributed by atoms with Crippen molar-refractivity contribution in [3.05, 3.63) is 118 Å². The van der Waals surface area contributed by atoms with Crippen molar-refractivity contribution in [3.63, 3.8) is 0 Å². The summed E-state index contributed by atoms with van der Waals surface area (Å²) in [6, 6.07) is 18.2. The third-order valence-corrected chi connectivity index (χ3v) is 6.61. The van der Waals surface area contributed by atoms with Gasteiger partial charge in [-0.2, -0.15) is 13.2 Å². The molecule has 3 N–H and O–H groups in total. The summed E-state index contributed by atoms with van der Waals surface area (Å²) in [4.78, 5) is 21.5. The van der Waals surface area contributed by atoms with Crippen molar-refractivity contribution in [1.29, 1.82) is 0 Å². The molecular formula is C30H29F3N6O4. The summed E-state index contributed by atoms with van der Waals surface area (Å²) in [6.07, 6.45) is -3.58. The van der Waals surface area contributed by atoms with Crippen molar-refractivity contribution in [2.24, 2.45) is 10.1 Å². The lowest BCUT2D eigenvalue weighted by Gasteiger charge is -2.30. The molecule has 10 nitrogen and oxygen atoms in total. The number of ether oxygens (including phenoxy) is 2. The highest BCUT2D eigenvalue weighted by Gasteiger charge is 2.53.